The van der Waals surface area contributed by atoms with Gasteiger partial charge in [-0.25, -0.2) is 4.39 Å². The number of benzene rings is 2. The predicted octanol–water partition coefficient (Wildman–Crippen LogP) is 4.05. The third kappa shape index (κ3) is 3.24. The molecule has 0 saturated carbocycles. The number of fused-ring (bicyclic) bond motifs is 1. The van der Waals surface area contributed by atoms with Crippen LogP contribution in [0.2, 0.25) is 0 Å². The Morgan fingerprint density at radius 1 is 1.19 bits per heavy atom. The van der Waals surface area contributed by atoms with E-state index >= 15 is 0 Å². The van der Waals surface area contributed by atoms with E-state index in [1.807, 2.05) is 12.1 Å². The first-order valence-electron chi connectivity index (χ1n) is 6.61. The molecule has 1 N–H and O–H groups in total. The number of hydrogen-bond acceptors (Lipinski definition) is 2. The topological polar surface area (TPSA) is 38.3 Å². The SMILES string of the molecule is O=C1CCc2cc(OCc3ccc(Br)cc3F)ccc2N1. The minimum absolute atomic E-state index is 0.0353. The molecule has 2 aromatic rings. The predicted molar refractivity (Wildman–Crippen MR) is 81.8 cm³/mol. The normalized spacial score (nSPS) is 13.5. The summed E-state index contributed by atoms with van der Waals surface area (Å²) in [6.45, 7) is 0.171. The molecule has 2 aromatic carbocycles. The van der Waals surface area contributed by atoms with Crippen molar-refractivity contribution < 1.29 is 13.9 Å². The summed E-state index contributed by atoms with van der Waals surface area (Å²) in [5, 5.41) is 2.82. The lowest BCUT2D eigenvalue weighted by Crippen LogP contribution is -2.18. The largest absolute Gasteiger partial charge is 0.489 e. The number of ether oxygens (including phenoxy) is 1. The molecule has 0 bridgehead atoms. The van der Waals surface area contributed by atoms with Crippen molar-refractivity contribution in [2.24, 2.45) is 0 Å². The summed E-state index contributed by atoms with van der Waals surface area (Å²) in [6.07, 6.45) is 1.18. The van der Waals surface area contributed by atoms with E-state index in [0.717, 1.165) is 11.3 Å². The van der Waals surface area contributed by atoms with Gasteiger partial charge in [-0.2, -0.15) is 0 Å². The van der Waals surface area contributed by atoms with Crippen LogP contribution in [0, 0.1) is 5.82 Å². The molecule has 3 rings (SSSR count). The van der Waals surface area contributed by atoms with Crippen LogP contribution in [0.4, 0.5) is 10.1 Å². The Labute approximate surface area is 130 Å². The molecule has 108 valence electrons. The van der Waals surface area contributed by atoms with E-state index in [1.165, 1.54) is 6.07 Å². The van der Waals surface area contributed by atoms with Gasteiger partial charge in [0.15, 0.2) is 0 Å². The van der Waals surface area contributed by atoms with E-state index in [0.29, 0.717) is 28.6 Å². The number of carbonyl (C=O) groups is 1. The van der Waals surface area contributed by atoms with Crippen LogP contribution in [0.15, 0.2) is 40.9 Å². The van der Waals surface area contributed by atoms with Crippen molar-refractivity contribution in [2.75, 3.05) is 5.32 Å². The van der Waals surface area contributed by atoms with Crippen LogP contribution >= 0.6 is 15.9 Å². The maximum Gasteiger partial charge on any atom is 0.224 e. The van der Waals surface area contributed by atoms with Gasteiger partial charge in [-0.3, -0.25) is 4.79 Å². The standard InChI is InChI=1S/C16H13BrFNO2/c17-12-3-1-11(14(18)8-12)9-21-13-4-5-15-10(7-13)2-6-16(20)19-15/h1,3-5,7-8H,2,6,9H2,(H,19,20). The number of carbonyl (C=O) groups excluding carboxylic acids is 1. The van der Waals surface area contributed by atoms with Gasteiger partial charge < -0.3 is 10.1 Å². The number of hydrogen-bond donors (Lipinski definition) is 1. The molecule has 21 heavy (non-hydrogen) atoms. The smallest absolute Gasteiger partial charge is 0.224 e. The van der Waals surface area contributed by atoms with Gasteiger partial charge in [0, 0.05) is 22.1 Å². The van der Waals surface area contributed by atoms with Crippen LogP contribution in [0.3, 0.4) is 0 Å². The molecule has 0 aromatic heterocycles. The monoisotopic (exact) mass is 349 g/mol. The lowest BCUT2D eigenvalue weighted by atomic mass is 10.0. The van der Waals surface area contributed by atoms with Crippen LogP contribution in [-0.4, -0.2) is 5.91 Å². The summed E-state index contributed by atoms with van der Waals surface area (Å²) in [7, 11) is 0. The Balaban J connectivity index is 1.72. The molecule has 1 aliphatic rings. The van der Waals surface area contributed by atoms with E-state index in [-0.39, 0.29) is 18.3 Å². The molecule has 0 saturated heterocycles. The molecule has 0 fully saturated rings. The second-order valence-electron chi connectivity index (χ2n) is 4.89. The molecule has 0 aliphatic carbocycles. The summed E-state index contributed by atoms with van der Waals surface area (Å²) in [5.41, 5.74) is 2.38. The summed E-state index contributed by atoms with van der Waals surface area (Å²) >= 11 is 3.22. The third-order valence-electron chi connectivity index (χ3n) is 3.38. The van der Waals surface area contributed by atoms with Gasteiger partial charge in [0.2, 0.25) is 5.91 Å². The Bertz CT molecular complexity index is 703. The number of aryl methyl sites for hydroxylation is 1. The Kier molecular flexibility index (Phi) is 3.92. The lowest BCUT2D eigenvalue weighted by Gasteiger charge is -2.17. The van der Waals surface area contributed by atoms with E-state index in [1.54, 1.807) is 18.2 Å². The number of halogens is 2. The molecular weight excluding hydrogens is 337 g/mol. The van der Waals surface area contributed by atoms with Crippen molar-refractivity contribution in [3.63, 3.8) is 0 Å². The number of rotatable bonds is 3. The van der Waals surface area contributed by atoms with Crippen molar-refractivity contribution in [3.05, 3.63) is 57.8 Å². The average Bonchev–Trinajstić information content (AvgIpc) is 2.46. The van der Waals surface area contributed by atoms with Crippen molar-refractivity contribution >= 4 is 27.5 Å². The second kappa shape index (κ2) is 5.85. The third-order valence-corrected chi connectivity index (χ3v) is 3.87. The van der Waals surface area contributed by atoms with Gasteiger partial charge >= 0.3 is 0 Å². The van der Waals surface area contributed by atoms with Crippen LogP contribution in [0.1, 0.15) is 17.5 Å². The summed E-state index contributed by atoms with van der Waals surface area (Å²) in [5.74, 6) is 0.412. The Hall–Kier alpha value is -1.88. The highest BCUT2D eigenvalue weighted by molar-refractivity contribution is 9.10. The van der Waals surface area contributed by atoms with Crippen LogP contribution in [0.5, 0.6) is 5.75 Å². The van der Waals surface area contributed by atoms with E-state index in [9.17, 15) is 9.18 Å². The van der Waals surface area contributed by atoms with Crippen molar-refractivity contribution in [1.82, 2.24) is 0 Å². The zero-order valence-corrected chi connectivity index (χ0v) is 12.7. The van der Waals surface area contributed by atoms with Crippen molar-refractivity contribution in [3.8, 4) is 5.75 Å². The maximum absolute atomic E-state index is 13.7. The fourth-order valence-corrected chi connectivity index (χ4v) is 2.58. The minimum atomic E-state index is -0.297. The summed E-state index contributed by atoms with van der Waals surface area (Å²) in [6, 6.07) is 10.4. The first-order chi connectivity index (χ1) is 10.1. The van der Waals surface area contributed by atoms with E-state index in [4.69, 9.17) is 4.74 Å². The highest BCUT2D eigenvalue weighted by Gasteiger charge is 2.15. The average molecular weight is 350 g/mol. The first kappa shape index (κ1) is 14.1. The molecule has 0 radical (unpaired) electrons. The molecule has 0 spiro atoms. The summed E-state index contributed by atoms with van der Waals surface area (Å²) in [4.78, 5) is 11.3. The van der Waals surface area contributed by atoms with E-state index in [2.05, 4.69) is 21.2 Å². The zero-order chi connectivity index (χ0) is 14.8. The quantitative estimate of drug-likeness (QED) is 0.907. The Morgan fingerprint density at radius 2 is 2.05 bits per heavy atom. The highest BCUT2D eigenvalue weighted by Crippen LogP contribution is 2.27. The van der Waals surface area contributed by atoms with Crippen LogP contribution in [-0.2, 0) is 17.8 Å². The number of amides is 1. The molecule has 5 heteroatoms. The molecule has 0 unspecified atom stereocenters. The maximum atomic E-state index is 13.7. The lowest BCUT2D eigenvalue weighted by molar-refractivity contribution is -0.116. The van der Waals surface area contributed by atoms with Gasteiger partial charge in [-0.1, -0.05) is 22.0 Å². The fraction of sp³-hybridized carbons (Fsp3) is 0.188. The molecule has 0 atom stereocenters. The molecule has 1 amide bonds. The van der Waals surface area contributed by atoms with Crippen LogP contribution < -0.4 is 10.1 Å². The van der Waals surface area contributed by atoms with Gasteiger partial charge in [0.1, 0.15) is 18.2 Å². The highest BCUT2D eigenvalue weighted by atomic mass is 79.9. The van der Waals surface area contributed by atoms with Gasteiger partial charge in [0.25, 0.3) is 0 Å². The number of nitrogens with one attached hydrogen (secondary N) is 1. The van der Waals surface area contributed by atoms with Gasteiger partial charge in [-0.15, -0.1) is 0 Å². The first-order valence-corrected chi connectivity index (χ1v) is 7.40. The zero-order valence-electron chi connectivity index (χ0n) is 11.2. The fourth-order valence-electron chi connectivity index (χ4n) is 2.25. The Morgan fingerprint density at radius 3 is 2.86 bits per heavy atom. The van der Waals surface area contributed by atoms with E-state index < -0.39 is 0 Å². The molecule has 1 heterocycles. The molecule has 1 aliphatic heterocycles. The van der Waals surface area contributed by atoms with Gasteiger partial charge in [0.05, 0.1) is 0 Å². The van der Waals surface area contributed by atoms with Crippen LogP contribution in [0.25, 0.3) is 0 Å². The second-order valence-corrected chi connectivity index (χ2v) is 5.81. The van der Waals surface area contributed by atoms with Gasteiger partial charge in [-0.05, 0) is 42.3 Å². The molecule has 3 nitrogen and oxygen atoms in total. The summed E-state index contributed by atoms with van der Waals surface area (Å²) < 4.78 is 20.1. The van der Waals surface area contributed by atoms with Crippen molar-refractivity contribution in [2.45, 2.75) is 19.4 Å². The number of anilines is 1. The molecular formula is C16H13BrFNO2. The van der Waals surface area contributed by atoms with Crippen molar-refractivity contribution in [1.29, 1.82) is 0 Å². The minimum Gasteiger partial charge on any atom is -0.489 e.